The fraction of sp³-hybridized carbons (Fsp3) is 0.111. The zero-order chi connectivity index (χ0) is 16.4. The lowest BCUT2D eigenvalue weighted by atomic mass is 10.0. The van der Waals surface area contributed by atoms with Crippen molar-refractivity contribution in [1.82, 2.24) is 4.98 Å². The van der Waals surface area contributed by atoms with E-state index in [9.17, 15) is 4.79 Å². The van der Waals surface area contributed by atoms with Gasteiger partial charge in [-0.25, -0.2) is 4.98 Å². The smallest absolute Gasteiger partial charge is 0.248 e. The molecule has 0 fully saturated rings. The Labute approximate surface area is 139 Å². The Hall–Kier alpha value is -2.66. The average Bonchev–Trinajstić information content (AvgIpc) is 3.08. The van der Waals surface area contributed by atoms with Crippen LogP contribution in [0.25, 0.3) is 22.3 Å². The van der Waals surface area contributed by atoms with Crippen LogP contribution in [0.2, 0.25) is 0 Å². The van der Waals surface area contributed by atoms with Crippen LogP contribution in [0.3, 0.4) is 0 Å². The number of amides is 1. The fourth-order valence-electron chi connectivity index (χ4n) is 2.43. The summed E-state index contributed by atoms with van der Waals surface area (Å²) >= 11 is 1.66. The molecular weight excluding hydrogens is 306 g/mol. The van der Waals surface area contributed by atoms with E-state index in [2.05, 4.69) is 27.9 Å². The molecule has 116 valence electrons. The lowest BCUT2D eigenvalue weighted by Crippen LogP contribution is -2.12. The van der Waals surface area contributed by atoms with Crippen LogP contribution in [0.5, 0.6) is 0 Å². The second kappa shape index (κ2) is 6.22. The summed E-state index contributed by atoms with van der Waals surface area (Å²) in [5.41, 5.74) is 10.1. The molecule has 0 spiro atoms. The third-order valence-electron chi connectivity index (χ3n) is 3.63. The Morgan fingerprint density at radius 2 is 1.83 bits per heavy atom. The molecule has 0 aliphatic rings. The highest BCUT2D eigenvalue weighted by atomic mass is 32.1. The highest BCUT2D eigenvalue weighted by Gasteiger charge is 2.12. The van der Waals surface area contributed by atoms with E-state index in [1.54, 1.807) is 23.5 Å². The van der Waals surface area contributed by atoms with Crippen LogP contribution in [0.15, 0.2) is 53.4 Å². The van der Waals surface area contributed by atoms with Crippen LogP contribution in [-0.2, 0) is 0 Å². The molecule has 0 radical (unpaired) electrons. The molecule has 0 bridgehead atoms. The molecule has 0 aliphatic carbocycles. The summed E-state index contributed by atoms with van der Waals surface area (Å²) in [7, 11) is 3.93. The molecule has 5 heteroatoms. The molecule has 4 nitrogen and oxygen atoms in total. The van der Waals surface area contributed by atoms with Crippen LogP contribution in [-0.4, -0.2) is 25.0 Å². The van der Waals surface area contributed by atoms with Crippen LogP contribution in [0.1, 0.15) is 10.4 Å². The van der Waals surface area contributed by atoms with Crippen LogP contribution in [0.4, 0.5) is 5.82 Å². The first kappa shape index (κ1) is 15.2. The van der Waals surface area contributed by atoms with Crippen molar-refractivity contribution in [1.29, 1.82) is 0 Å². The number of thiophene rings is 1. The summed E-state index contributed by atoms with van der Waals surface area (Å²) in [4.78, 5) is 17.8. The van der Waals surface area contributed by atoms with E-state index in [-0.39, 0.29) is 0 Å². The predicted molar refractivity (Wildman–Crippen MR) is 95.8 cm³/mol. The molecule has 0 saturated carbocycles. The van der Waals surface area contributed by atoms with E-state index in [1.165, 1.54) is 0 Å². The minimum absolute atomic E-state index is 0.422. The van der Waals surface area contributed by atoms with Crippen LogP contribution < -0.4 is 10.6 Å². The number of hydrogen-bond donors (Lipinski definition) is 1. The summed E-state index contributed by atoms with van der Waals surface area (Å²) < 4.78 is 0. The Morgan fingerprint density at radius 1 is 1.09 bits per heavy atom. The number of primary amides is 1. The molecule has 1 amide bonds. The van der Waals surface area contributed by atoms with Gasteiger partial charge >= 0.3 is 0 Å². The quantitative estimate of drug-likeness (QED) is 0.797. The number of carbonyl (C=O) groups excluding carboxylic acids is 1. The average molecular weight is 323 g/mol. The van der Waals surface area contributed by atoms with Gasteiger partial charge in [0.25, 0.3) is 0 Å². The monoisotopic (exact) mass is 323 g/mol. The summed E-state index contributed by atoms with van der Waals surface area (Å²) in [5, 5.41) is 4.16. The molecule has 3 rings (SSSR count). The SMILES string of the molecule is CN(C)c1ncc(-c2ccsc2)cc1-c1ccc(C(N)=O)cc1. The van der Waals surface area contributed by atoms with Crippen molar-refractivity contribution in [3.8, 4) is 22.3 Å². The number of hydrogen-bond acceptors (Lipinski definition) is 4. The molecular formula is C18H17N3OS. The normalized spacial score (nSPS) is 10.5. The molecule has 0 aliphatic heterocycles. The first-order valence-corrected chi connectivity index (χ1v) is 8.10. The maximum Gasteiger partial charge on any atom is 0.248 e. The van der Waals surface area contributed by atoms with Gasteiger partial charge in [-0.05, 0) is 46.2 Å². The number of nitrogens with two attached hydrogens (primary N) is 1. The summed E-state index contributed by atoms with van der Waals surface area (Å²) in [6.45, 7) is 0. The molecule has 0 saturated heterocycles. The largest absolute Gasteiger partial charge is 0.366 e. The third-order valence-corrected chi connectivity index (χ3v) is 4.31. The minimum atomic E-state index is -0.422. The molecule has 2 N–H and O–H groups in total. The molecule has 0 unspecified atom stereocenters. The zero-order valence-electron chi connectivity index (χ0n) is 13.0. The van der Waals surface area contributed by atoms with E-state index in [4.69, 9.17) is 5.73 Å². The van der Waals surface area contributed by atoms with E-state index < -0.39 is 5.91 Å². The standard InChI is InChI=1S/C18H17N3OS/c1-21(2)18-16(12-3-5-13(6-4-12)17(19)22)9-15(10-20-18)14-7-8-23-11-14/h3-11H,1-2H3,(H2,19,22). The lowest BCUT2D eigenvalue weighted by molar-refractivity contribution is 0.100. The van der Waals surface area contributed by atoms with E-state index >= 15 is 0 Å². The number of nitrogens with zero attached hydrogens (tertiary/aromatic N) is 2. The Bertz CT molecular complexity index is 824. The molecule has 2 aromatic heterocycles. The Balaban J connectivity index is 2.11. The van der Waals surface area contributed by atoms with Crippen molar-refractivity contribution < 1.29 is 4.79 Å². The third kappa shape index (κ3) is 3.10. The second-order valence-electron chi connectivity index (χ2n) is 5.44. The van der Waals surface area contributed by atoms with Gasteiger partial charge < -0.3 is 10.6 Å². The number of benzene rings is 1. The first-order chi connectivity index (χ1) is 11.1. The van der Waals surface area contributed by atoms with Crippen molar-refractivity contribution in [2.75, 3.05) is 19.0 Å². The van der Waals surface area contributed by atoms with E-state index in [1.807, 2.05) is 37.3 Å². The van der Waals surface area contributed by atoms with Crippen LogP contribution >= 0.6 is 11.3 Å². The molecule has 2 heterocycles. The second-order valence-corrected chi connectivity index (χ2v) is 6.22. The molecule has 0 atom stereocenters. The summed E-state index contributed by atoms with van der Waals surface area (Å²) in [5.74, 6) is 0.463. The van der Waals surface area contributed by atoms with Crippen molar-refractivity contribution in [2.24, 2.45) is 5.73 Å². The van der Waals surface area contributed by atoms with Gasteiger partial charge in [-0.1, -0.05) is 12.1 Å². The van der Waals surface area contributed by atoms with Crippen molar-refractivity contribution >= 4 is 23.1 Å². The molecule has 3 aromatic rings. The number of carbonyl (C=O) groups is 1. The number of pyridine rings is 1. The topological polar surface area (TPSA) is 59.2 Å². The van der Waals surface area contributed by atoms with Gasteiger partial charge in [0.2, 0.25) is 5.91 Å². The molecule has 23 heavy (non-hydrogen) atoms. The highest BCUT2D eigenvalue weighted by molar-refractivity contribution is 7.08. The van der Waals surface area contributed by atoms with Gasteiger partial charge in [0, 0.05) is 37.0 Å². The van der Waals surface area contributed by atoms with Gasteiger partial charge in [-0.15, -0.1) is 0 Å². The Morgan fingerprint density at radius 3 is 2.39 bits per heavy atom. The number of aromatic nitrogens is 1. The zero-order valence-corrected chi connectivity index (χ0v) is 13.8. The highest BCUT2D eigenvalue weighted by Crippen LogP contribution is 2.33. The van der Waals surface area contributed by atoms with Gasteiger partial charge in [-0.2, -0.15) is 11.3 Å². The molecule has 1 aromatic carbocycles. The number of rotatable bonds is 4. The first-order valence-electron chi connectivity index (χ1n) is 7.16. The maximum absolute atomic E-state index is 11.2. The van der Waals surface area contributed by atoms with Gasteiger partial charge in [-0.3, -0.25) is 4.79 Å². The lowest BCUT2D eigenvalue weighted by Gasteiger charge is -2.17. The van der Waals surface area contributed by atoms with E-state index in [0.29, 0.717) is 5.56 Å². The van der Waals surface area contributed by atoms with Crippen molar-refractivity contribution in [2.45, 2.75) is 0 Å². The summed E-state index contributed by atoms with van der Waals surface area (Å²) in [6, 6.07) is 11.5. The maximum atomic E-state index is 11.2. The predicted octanol–water partition coefficient (Wildman–Crippen LogP) is 3.64. The summed E-state index contributed by atoms with van der Waals surface area (Å²) in [6.07, 6.45) is 1.89. The van der Waals surface area contributed by atoms with Crippen molar-refractivity contribution in [3.63, 3.8) is 0 Å². The minimum Gasteiger partial charge on any atom is -0.366 e. The fourth-order valence-corrected chi connectivity index (χ4v) is 3.09. The van der Waals surface area contributed by atoms with E-state index in [0.717, 1.165) is 28.1 Å². The van der Waals surface area contributed by atoms with Gasteiger partial charge in [0.05, 0.1) is 0 Å². The Kier molecular flexibility index (Phi) is 4.12. The van der Waals surface area contributed by atoms with Gasteiger partial charge in [0.1, 0.15) is 5.82 Å². The van der Waals surface area contributed by atoms with Gasteiger partial charge in [0.15, 0.2) is 0 Å². The van der Waals surface area contributed by atoms with Crippen molar-refractivity contribution in [3.05, 3.63) is 58.9 Å². The number of anilines is 1. The van der Waals surface area contributed by atoms with Crippen LogP contribution in [0, 0.1) is 0 Å².